The number of rotatable bonds is 4. The number of benzene rings is 1. The third kappa shape index (κ3) is 2.51. The van der Waals surface area contributed by atoms with Crippen molar-refractivity contribution in [3.05, 3.63) is 39.7 Å². The van der Waals surface area contributed by atoms with Crippen LogP contribution >= 0.6 is 0 Å². The van der Waals surface area contributed by atoms with Gasteiger partial charge in [0, 0.05) is 37.1 Å². The van der Waals surface area contributed by atoms with E-state index in [2.05, 4.69) is 10.6 Å². The highest BCUT2D eigenvalue weighted by molar-refractivity contribution is 6.18. The summed E-state index contributed by atoms with van der Waals surface area (Å²) in [4.78, 5) is 77.3. The van der Waals surface area contributed by atoms with Crippen LogP contribution in [0.5, 0.6) is 0 Å². The predicted molar refractivity (Wildman–Crippen MR) is 115 cm³/mol. The van der Waals surface area contributed by atoms with Crippen LogP contribution in [0.4, 0.5) is 5.69 Å². The molecule has 2 aromatic rings. The lowest BCUT2D eigenvalue weighted by molar-refractivity contribution is -0.141. The Morgan fingerprint density at radius 2 is 1.82 bits per heavy atom. The number of carboxylic acids is 2. The van der Waals surface area contributed by atoms with Crippen LogP contribution in [-0.4, -0.2) is 62.4 Å². The Bertz CT molecular complexity index is 1410. The summed E-state index contributed by atoms with van der Waals surface area (Å²) < 4.78 is 1.55. The minimum atomic E-state index is -1.92. The zero-order valence-electron chi connectivity index (χ0n) is 18.1. The highest BCUT2D eigenvalue weighted by atomic mass is 16.4. The number of aromatic nitrogens is 1. The van der Waals surface area contributed by atoms with E-state index in [1.165, 1.54) is 13.2 Å². The first-order valence-electron chi connectivity index (χ1n) is 10.6. The number of carbonyl (C=O) groups excluding carboxylic acids is 3. The molecule has 12 nitrogen and oxygen atoms in total. The average Bonchev–Trinajstić information content (AvgIpc) is 3.34. The lowest BCUT2D eigenvalue weighted by Crippen LogP contribution is -2.53. The van der Waals surface area contributed by atoms with Crippen molar-refractivity contribution in [2.24, 2.45) is 11.8 Å². The van der Waals surface area contributed by atoms with Crippen LogP contribution in [0.25, 0.3) is 10.9 Å². The number of likely N-dealkylation sites (tertiary alicyclic amines) is 1. The molecule has 0 radical (unpaired) electrons. The van der Waals surface area contributed by atoms with E-state index < -0.39 is 70.5 Å². The Hall–Kier alpha value is -4.06. The molecule has 3 amide bonds. The lowest BCUT2D eigenvalue weighted by Gasteiger charge is -2.29. The minimum Gasteiger partial charge on any atom is -0.481 e. The highest BCUT2D eigenvalue weighted by Crippen LogP contribution is 2.54. The van der Waals surface area contributed by atoms with E-state index in [1.807, 2.05) is 0 Å². The van der Waals surface area contributed by atoms with Gasteiger partial charge >= 0.3 is 11.9 Å². The molecule has 0 bridgehead atoms. The first kappa shape index (κ1) is 21.8. The van der Waals surface area contributed by atoms with E-state index in [0.29, 0.717) is 12.1 Å². The summed E-state index contributed by atoms with van der Waals surface area (Å²) in [5, 5.41) is 24.5. The number of aliphatic carboxylic acids is 1. The fourth-order valence-corrected chi connectivity index (χ4v) is 5.71. The second-order valence-corrected chi connectivity index (χ2v) is 8.70. The molecule has 176 valence electrons. The molecular formula is C22H20N4O8. The van der Waals surface area contributed by atoms with E-state index >= 15 is 0 Å². The van der Waals surface area contributed by atoms with Crippen molar-refractivity contribution in [1.29, 1.82) is 0 Å². The third-order valence-corrected chi connectivity index (χ3v) is 7.10. The van der Waals surface area contributed by atoms with E-state index in [0.717, 1.165) is 4.90 Å². The van der Waals surface area contributed by atoms with Gasteiger partial charge < -0.3 is 20.1 Å². The molecule has 2 saturated heterocycles. The number of fused-ring (bicyclic) bond motifs is 6. The first-order chi connectivity index (χ1) is 16.0. The molecule has 0 aliphatic carbocycles. The maximum Gasteiger partial charge on any atom is 0.341 e. The van der Waals surface area contributed by atoms with E-state index in [4.69, 9.17) is 0 Å². The molecule has 12 heteroatoms. The molecule has 1 aromatic heterocycles. The van der Waals surface area contributed by atoms with Crippen LogP contribution < -0.4 is 16.1 Å². The van der Waals surface area contributed by atoms with Crippen molar-refractivity contribution < 1.29 is 34.2 Å². The molecular weight excluding hydrogens is 448 g/mol. The van der Waals surface area contributed by atoms with Gasteiger partial charge in [-0.3, -0.25) is 34.2 Å². The standard InChI is InChI=1S/C22H20N4O8/c1-3-26-7-8(20(32)33)17(29)14-11(26)5-4-9-15(14)22(21(34)23-9)16-13(10(24-22)6-12(27)28)18(30)25(2)19(16)31/h4-5,7,10,13,16,24H,3,6H2,1-2H3,(H,23,34)(H,27,28)(H,32,33). The number of amides is 3. The lowest BCUT2D eigenvalue weighted by atomic mass is 9.75. The minimum absolute atomic E-state index is 0.0599. The number of anilines is 1. The Morgan fingerprint density at radius 3 is 2.44 bits per heavy atom. The van der Waals surface area contributed by atoms with Gasteiger partial charge in [-0.25, -0.2) is 4.79 Å². The van der Waals surface area contributed by atoms with Gasteiger partial charge in [0.25, 0.3) is 0 Å². The van der Waals surface area contributed by atoms with Gasteiger partial charge in [-0.1, -0.05) is 0 Å². The van der Waals surface area contributed by atoms with E-state index in [9.17, 15) is 39.0 Å². The van der Waals surface area contributed by atoms with Gasteiger partial charge in [0.2, 0.25) is 23.2 Å². The summed E-state index contributed by atoms with van der Waals surface area (Å²) in [6.07, 6.45) is 0.676. The van der Waals surface area contributed by atoms with E-state index in [1.54, 1.807) is 23.6 Å². The van der Waals surface area contributed by atoms with Crippen molar-refractivity contribution in [1.82, 2.24) is 14.8 Å². The maximum absolute atomic E-state index is 13.5. The Labute approximate surface area is 191 Å². The molecule has 1 spiro atoms. The first-order valence-corrected chi connectivity index (χ1v) is 10.6. The van der Waals surface area contributed by atoms with Gasteiger partial charge in [0.05, 0.1) is 29.2 Å². The van der Waals surface area contributed by atoms with Crippen LogP contribution in [0.2, 0.25) is 0 Å². The molecule has 0 saturated carbocycles. The molecule has 4 unspecified atom stereocenters. The summed E-state index contributed by atoms with van der Waals surface area (Å²) >= 11 is 0. The quantitative estimate of drug-likeness (QED) is 0.433. The van der Waals surface area contributed by atoms with Gasteiger partial charge in [0.15, 0.2) is 0 Å². The maximum atomic E-state index is 13.5. The van der Waals surface area contributed by atoms with Crippen molar-refractivity contribution in [3.63, 3.8) is 0 Å². The molecule has 4 atom stereocenters. The van der Waals surface area contributed by atoms with Crippen LogP contribution in [0.1, 0.15) is 29.3 Å². The van der Waals surface area contributed by atoms with Crippen LogP contribution in [0.15, 0.2) is 23.1 Å². The number of aryl methyl sites for hydroxylation is 1. The number of nitrogens with one attached hydrogen (secondary N) is 2. The summed E-state index contributed by atoms with van der Waals surface area (Å²) in [5.41, 5.74) is -2.68. The van der Waals surface area contributed by atoms with Crippen LogP contribution in [-0.2, 0) is 31.3 Å². The molecule has 1 aromatic carbocycles. The number of carbonyl (C=O) groups is 5. The average molecular weight is 468 g/mol. The molecule has 3 aliphatic heterocycles. The summed E-state index contributed by atoms with van der Waals surface area (Å²) in [7, 11) is 1.26. The number of hydrogen-bond donors (Lipinski definition) is 4. The second kappa shape index (κ2) is 6.97. The molecule has 5 rings (SSSR count). The SMILES string of the molecule is CCn1cc(C(=O)O)c(=O)c2c3c(ccc21)NC(=O)C31NC(CC(=O)O)C2C(=O)N(C)C(=O)C21. The van der Waals surface area contributed by atoms with Gasteiger partial charge in [-0.15, -0.1) is 0 Å². The molecule has 3 aliphatic rings. The molecule has 2 fully saturated rings. The fraction of sp³-hybridized carbons (Fsp3) is 0.364. The largest absolute Gasteiger partial charge is 0.481 e. The fourth-order valence-electron chi connectivity index (χ4n) is 5.71. The zero-order valence-corrected chi connectivity index (χ0v) is 18.1. The third-order valence-electron chi connectivity index (χ3n) is 7.10. The van der Waals surface area contributed by atoms with Gasteiger partial charge in [-0.05, 0) is 19.1 Å². The topological polar surface area (TPSA) is 175 Å². The highest BCUT2D eigenvalue weighted by Gasteiger charge is 2.70. The Kier molecular flexibility index (Phi) is 4.46. The smallest absolute Gasteiger partial charge is 0.341 e. The predicted octanol–water partition coefficient (Wildman–Crippen LogP) is -0.455. The number of carboxylic acid groups (broad SMARTS) is 2. The van der Waals surface area contributed by atoms with E-state index in [-0.39, 0.29) is 16.6 Å². The molecule has 4 N–H and O–H groups in total. The Balaban J connectivity index is 1.89. The summed E-state index contributed by atoms with van der Waals surface area (Å²) in [5.74, 6) is -7.14. The van der Waals surface area contributed by atoms with Gasteiger partial charge in [0.1, 0.15) is 11.1 Å². The number of pyridine rings is 1. The van der Waals surface area contributed by atoms with Crippen molar-refractivity contribution in [2.45, 2.75) is 31.5 Å². The van der Waals surface area contributed by atoms with Crippen molar-refractivity contribution in [3.8, 4) is 0 Å². The van der Waals surface area contributed by atoms with Gasteiger partial charge in [-0.2, -0.15) is 0 Å². The molecule has 34 heavy (non-hydrogen) atoms. The molecule has 4 heterocycles. The number of imide groups is 1. The second-order valence-electron chi connectivity index (χ2n) is 8.70. The monoisotopic (exact) mass is 468 g/mol. The zero-order chi connectivity index (χ0) is 24.7. The summed E-state index contributed by atoms with van der Waals surface area (Å²) in [6.45, 7) is 2.06. The van der Waals surface area contributed by atoms with Crippen molar-refractivity contribution >= 4 is 46.3 Å². The number of hydrogen-bond acceptors (Lipinski definition) is 7. The number of nitrogens with zero attached hydrogens (tertiary/aromatic N) is 2. The number of aromatic carboxylic acids is 1. The van der Waals surface area contributed by atoms with Crippen LogP contribution in [0, 0.1) is 11.8 Å². The summed E-state index contributed by atoms with van der Waals surface area (Å²) in [6, 6.07) is 2.05. The normalized spacial score (nSPS) is 27.4. The van der Waals surface area contributed by atoms with Crippen LogP contribution in [0.3, 0.4) is 0 Å². The van der Waals surface area contributed by atoms with Crippen molar-refractivity contribution in [2.75, 3.05) is 12.4 Å². The Morgan fingerprint density at radius 1 is 1.12 bits per heavy atom.